The Labute approximate surface area is 255 Å². The van der Waals surface area contributed by atoms with Crippen LogP contribution in [0.2, 0.25) is 0 Å². The van der Waals surface area contributed by atoms with Crippen LogP contribution >= 0.6 is 0 Å². The fraction of sp³-hybridized carbons (Fsp3) is 0.844. The molecule has 0 aromatic carbocycles. The molecule has 0 aromatic heterocycles. The third-order valence-corrected chi connectivity index (χ3v) is 11.0. The predicted octanol–water partition coefficient (Wildman–Crippen LogP) is 2.71. The van der Waals surface area contributed by atoms with E-state index in [4.69, 9.17) is 18.9 Å². The first-order valence-corrected chi connectivity index (χ1v) is 15.8. The first kappa shape index (κ1) is 33.8. The monoisotopic (exact) mass is 608 g/mol. The zero-order valence-corrected chi connectivity index (χ0v) is 27.0. The van der Waals surface area contributed by atoms with Crippen LogP contribution in [0, 0.1) is 16.7 Å². The molecular formula is C32H52N2O9. The molecule has 8 atom stereocenters. The summed E-state index contributed by atoms with van der Waals surface area (Å²) in [5.41, 5.74) is -7.52. The number of fused-ring (bicyclic) bond motifs is 3. The average molecular weight is 609 g/mol. The molecule has 4 rings (SSSR count). The lowest BCUT2D eigenvalue weighted by molar-refractivity contribution is -0.369. The highest BCUT2D eigenvalue weighted by molar-refractivity contribution is 5.92. The SMILES string of the molecule is C=C[C@@]1(C)CC(=O)[C@]2(O)[C@@]3(C)[C@@H](O)CCC(C)(C)[C@@H]3[C@H](OC(=O)CCN3CCOCC3)[C@H](OC(=O)N(CC)CC)[C@@]2(C)O1. The number of ketones is 1. The van der Waals surface area contributed by atoms with Crippen molar-refractivity contribution in [1.82, 2.24) is 9.80 Å². The molecule has 2 heterocycles. The number of hydrogen-bond donors (Lipinski definition) is 2. The van der Waals surface area contributed by atoms with Crippen LogP contribution in [-0.4, -0.2) is 119 Å². The van der Waals surface area contributed by atoms with Crippen LogP contribution in [0.1, 0.15) is 74.1 Å². The molecule has 1 amide bonds. The van der Waals surface area contributed by atoms with Gasteiger partial charge in [-0.25, -0.2) is 4.79 Å². The summed E-state index contributed by atoms with van der Waals surface area (Å²) in [7, 11) is 0. The Morgan fingerprint density at radius 3 is 2.33 bits per heavy atom. The molecule has 2 N–H and O–H groups in total. The number of esters is 1. The van der Waals surface area contributed by atoms with Crippen LogP contribution in [0.5, 0.6) is 0 Å². The first-order chi connectivity index (χ1) is 20.0. The summed E-state index contributed by atoms with van der Waals surface area (Å²) in [5, 5.41) is 24.5. The molecule has 0 unspecified atom stereocenters. The minimum atomic E-state index is -2.28. The predicted molar refractivity (Wildman–Crippen MR) is 158 cm³/mol. The first-order valence-electron chi connectivity index (χ1n) is 15.8. The van der Waals surface area contributed by atoms with Crippen molar-refractivity contribution in [1.29, 1.82) is 0 Å². The summed E-state index contributed by atoms with van der Waals surface area (Å²) in [5.74, 6) is -1.79. The van der Waals surface area contributed by atoms with Gasteiger partial charge in [-0.2, -0.15) is 0 Å². The molecule has 2 aliphatic heterocycles. The summed E-state index contributed by atoms with van der Waals surface area (Å²) in [6.45, 7) is 20.2. The highest BCUT2D eigenvalue weighted by Gasteiger charge is 2.82. The maximum absolute atomic E-state index is 14.3. The third kappa shape index (κ3) is 5.43. The Kier molecular flexibility index (Phi) is 9.47. The number of hydrogen-bond acceptors (Lipinski definition) is 10. The van der Waals surface area contributed by atoms with Gasteiger partial charge in [0.2, 0.25) is 0 Å². The molecule has 244 valence electrons. The smallest absolute Gasteiger partial charge is 0.410 e. The number of amides is 1. The number of nitrogens with zero attached hydrogens (tertiary/aromatic N) is 2. The van der Waals surface area contributed by atoms with Crippen LogP contribution < -0.4 is 0 Å². The van der Waals surface area contributed by atoms with Gasteiger partial charge in [0.1, 0.15) is 11.7 Å². The Balaban J connectivity index is 1.86. The quantitative estimate of drug-likeness (QED) is 0.313. The van der Waals surface area contributed by atoms with Crippen molar-refractivity contribution in [3.8, 4) is 0 Å². The second kappa shape index (κ2) is 12.0. The zero-order valence-electron chi connectivity index (χ0n) is 27.0. The molecule has 0 bridgehead atoms. The van der Waals surface area contributed by atoms with Crippen LogP contribution in [0.3, 0.4) is 0 Å². The maximum atomic E-state index is 14.3. The molecule has 11 nitrogen and oxygen atoms in total. The number of ether oxygens (including phenoxy) is 4. The summed E-state index contributed by atoms with van der Waals surface area (Å²) < 4.78 is 24.6. The van der Waals surface area contributed by atoms with E-state index in [1.807, 2.05) is 27.7 Å². The molecule has 2 saturated heterocycles. The Bertz CT molecular complexity index is 1090. The van der Waals surface area contributed by atoms with Gasteiger partial charge in [-0.15, -0.1) is 6.58 Å². The molecular weight excluding hydrogens is 556 g/mol. The summed E-state index contributed by atoms with van der Waals surface area (Å²) in [6.07, 6.45) is -2.02. The van der Waals surface area contributed by atoms with Crippen LogP contribution in [0.15, 0.2) is 12.7 Å². The van der Waals surface area contributed by atoms with E-state index in [-0.39, 0.29) is 12.8 Å². The highest BCUT2D eigenvalue weighted by Crippen LogP contribution is 2.67. The lowest BCUT2D eigenvalue weighted by Gasteiger charge is -2.71. The molecule has 11 heteroatoms. The highest BCUT2D eigenvalue weighted by atomic mass is 16.6. The van der Waals surface area contributed by atoms with Crippen molar-refractivity contribution in [3.05, 3.63) is 12.7 Å². The molecule has 4 aliphatic rings. The third-order valence-electron chi connectivity index (χ3n) is 11.0. The van der Waals surface area contributed by atoms with E-state index in [1.165, 1.54) is 17.9 Å². The second-order valence-electron chi connectivity index (χ2n) is 14.0. The number of aliphatic hydroxyl groups is 2. The summed E-state index contributed by atoms with van der Waals surface area (Å²) >= 11 is 0. The molecule has 0 spiro atoms. The number of aliphatic hydroxyl groups excluding tert-OH is 1. The zero-order chi connectivity index (χ0) is 32.0. The van der Waals surface area contributed by atoms with Gasteiger partial charge in [0.15, 0.2) is 17.5 Å². The van der Waals surface area contributed by atoms with Gasteiger partial charge in [0.25, 0.3) is 0 Å². The normalized spacial score (nSPS) is 41.0. The minimum absolute atomic E-state index is 0.0881. The fourth-order valence-corrected chi connectivity index (χ4v) is 8.51. The van der Waals surface area contributed by atoms with Crippen molar-refractivity contribution >= 4 is 17.8 Å². The molecule has 43 heavy (non-hydrogen) atoms. The number of Topliss-reactive ketones (excluding diaryl/α,β-unsaturated/α-hetero) is 1. The standard InChI is InChI=1S/C32H52N2O9/c1-9-29(6)20-22(36)32(39)30(7)21(35)12-14-28(4,5)25(30)24(41-23(37)13-15-33-16-18-40-19-17-33)26(31(32,8)43-29)42-27(38)34(10-2)11-3/h9,21,24-26,35,39H,1,10-20H2,2-8H3/t21-,24-,25-,26-,29-,30-,31+,32-/m0/s1. The van der Waals surface area contributed by atoms with E-state index in [0.717, 1.165) is 0 Å². The van der Waals surface area contributed by atoms with Crippen molar-refractivity contribution in [2.75, 3.05) is 45.9 Å². The lowest BCUT2D eigenvalue weighted by atomic mass is 9.39. The van der Waals surface area contributed by atoms with Crippen LogP contribution in [-0.2, 0) is 28.5 Å². The van der Waals surface area contributed by atoms with Crippen molar-refractivity contribution in [2.24, 2.45) is 16.7 Å². The Morgan fingerprint density at radius 2 is 1.74 bits per heavy atom. The molecule has 0 radical (unpaired) electrons. The Morgan fingerprint density at radius 1 is 1.12 bits per heavy atom. The van der Waals surface area contributed by atoms with Gasteiger partial charge in [0, 0.05) is 50.5 Å². The van der Waals surface area contributed by atoms with Crippen LogP contribution in [0.25, 0.3) is 0 Å². The number of rotatable bonds is 8. The average Bonchev–Trinajstić information content (AvgIpc) is 2.95. The van der Waals surface area contributed by atoms with Gasteiger partial charge >= 0.3 is 12.1 Å². The van der Waals surface area contributed by atoms with E-state index < -0.39 is 69.7 Å². The van der Waals surface area contributed by atoms with E-state index in [9.17, 15) is 24.6 Å². The summed E-state index contributed by atoms with van der Waals surface area (Å²) in [6, 6.07) is 0. The maximum Gasteiger partial charge on any atom is 0.410 e. The topological polar surface area (TPSA) is 135 Å². The number of carbonyl (C=O) groups excluding carboxylic acids is 3. The van der Waals surface area contributed by atoms with Crippen LogP contribution in [0.4, 0.5) is 4.79 Å². The fourth-order valence-electron chi connectivity index (χ4n) is 8.51. The van der Waals surface area contributed by atoms with E-state index >= 15 is 0 Å². The molecule has 2 aliphatic carbocycles. The minimum Gasteiger partial charge on any atom is -0.458 e. The van der Waals surface area contributed by atoms with E-state index in [1.54, 1.807) is 13.8 Å². The van der Waals surface area contributed by atoms with Gasteiger partial charge in [-0.3, -0.25) is 14.5 Å². The number of carbonyl (C=O) groups is 3. The largest absolute Gasteiger partial charge is 0.458 e. The Hall–Kier alpha value is -2.05. The van der Waals surface area contributed by atoms with Gasteiger partial charge < -0.3 is 34.1 Å². The molecule has 4 fully saturated rings. The second-order valence-corrected chi connectivity index (χ2v) is 14.0. The lowest BCUT2D eigenvalue weighted by Crippen LogP contribution is -2.87. The van der Waals surface area contributed by atoms with E-state index in [0.29, 0.717) is 58.8 Å². The number of morpholine rings is 1. The molecule has 0 aromatic rings. The van der Waals surface area contributed by atoms with Crippen molar-refractivity contribution < 1.29 is 43.5 Å². The summed E-state index contributed by atoms with van der Waals surface area (Å²) in [4.78, 5) is 45.1. The van der Waals surface area contributed by atoms with E-state index in [2.05, 4.69) is 11.5 Å². The van der Waals surface area contributed by atoms with Gasteiger partial charge in [-0.05, 0) is 46.0 Å². The van der Waals surface area contributed by atoms with Crippen molar-refractivity contribution in [2.45, 2.75) is 109 Å². The van der Waals surface area contributed by atoms with Crippen molar-refractivity contribution in [3.63, 3.8) is 0 Å². The van der Waals surface area contributed by atoms with Gasteiger partial charge in [0.05, 0.1) is 31.3 Å². The molecule has 2 saturated carbocycles. The van der Waals surface area contributed by atoms with Gasteiger partial charge in [-0.1, -0.05) is 26.8 Å².